The summed E-state index contributed by atoms with van der Waals surface area (Å²) in [6.45, 7) is 29.5. The van der Waals surface area contributed by atoms with Gasteiger partial charge in [0.1, 0.15) is 16.9 Å². The number of halogens is 1. The predicted octanol–water partition coefficient (Wildman–Crippen LogP) is 8.53. The van der Waals surface area contributed by atoms with Crippen LogP contribution in [0.25, 0.3) is 5.70 Å². The molecule has 0 bridgehead atoms. The molecule has 220 valence electrons. The van der Waals surface area contributed by atoms with Crippen LogP contribution in [0.3, 0.4) is 0 Å². The number of rotatable bonds is 13. The van der Waals surface area contributed by atoms with Crippen LogP contribution in [0.1, 0.15) is 48.3 Å². The number of anilines is 1. The lowest BCUT2D eigenvalue weighted by molar-refractivity contribution is 0.542. The van der Waals surface area contributed by atoms with Gasteiger partial charge < -0.3 is 10.6 Å². The lowest BCUT2D eigenvalue weighted by atomic mass is 9.97. The molecule has 5 nitrogen and oxygen atoms in total. The Bertz CT molecular complexity index is 1410. The van der Waals surface area contributed by atoms with E-state index in [0.717, 1.165) is 47.5 Å². The van der Waals surface area contributed by atoms with Gasteiger partial charge in [0.2, 0.25) is 0 Å². The van der Waals surface area contributed by atoms with Gasteiger partial charge in [-0.1, -0.05) is 51.6 Å². The third-order valence-electron chi connectivity index (χ3n) is 6.17. The van der Waals surface area contributed by atoms with E-state index in [1.807, 2.05) is 12.3 Å². The number of nitrogens with one attached hydrogen (secondary N) is 2. The zero-order valence-corrected chi connectivity index (χ0v) is 25.8. The molecule has 3 aromatic rings. The molecule has 2 aromatic heterocycles. The van der Waals surface area contributed by atoms with Crippen molar-refractivity contribution in [2.24, 2.45) is 5.92 Å². The lowest BCUT2D eigenvalue weighted by Gasteiger charge is -2.10. The Morgan fingerprint density at radius 2 is 1.83 bits per heavy atom. The van der Waals surface area contributed by atoms with Gasteiger partial charge in [-0.05, 0) is 54.5 Å². The summed E-state index contributed by atoms with van der Waals surface area (Å²) >= 11 is 1.56. The molecule has 3 rings (SSSR count). The topological polar surface area (TPSA) is 65.7 Å². The first-order chi connectivity index (χ1) is 20.3. The highest BCUT2D eigenvalue weighted by atomic mass is 32.1. The number of aromatic nitrogens is 2. The Labute approximate surface area is 255 Å². The van der Waals surface area contributed by atoms with E-state index in [0.29, 0.717) is 35.8 Å². The maximum absolute atomic E-state index is 14.2. The van der Waals surface area contributed by atoms with Crippen molar-refractivity contribution in [2.75, 3.05) is 11.9 Å². The molecule has 1 unspecified atom stereocenters. The summed E-state index contributed by atoms with van der Waals surface area (Å²) in [5.41, 5.74) is 4.16. The van der Waals surface area contributed by atoms with E-state index in [9.17, 15) is 9.65 Å². The Morgan fingerprint density at radius 1 is 1.12 bits per heavy atom. The van der Waals surface area contributed by atoms with Crippen LogP contribution in [0.5, 0.6) is 0 Å². The quantitative estimate of drug-likeness (QED) is 0.120. The Kier molecular flexibility index (Phi) is 16.4. The zero-order valence-electron chi connectivity index (χ0n) is 24.9. The van der Waals surface area contributed by atoms with E-state index in [-0.39, 0.29) is 5.82 Å². The fraction of sp³-hybridized carbons (Fsp3) is 0.257. The number of hydrogen-bond donors (Lipinski definition) is 2. The highest BCUT2D eigenvalue weighted by Gasteiger charge is 2.19. The molecule has 1 aromatic carbocycles. The summed E-state index contributed by atoms with van der Waals surface area (Å²) in [6.07, 6.45) is 6.99. The zero-order chi connectivity index (χ0) is 31.5. The molecule has 0 spiro atoms. The normalized spacial score (nSPS) is 10.2. The van der Waals surface area contributed by atoms with Crippen LogP contribution in [-0.2, 0) is 19.4 Å². The Hall–Kier alpha value is -4.59. The summed E-state index contributed by atoms with van der Waals surface area (Å²) in [6, 6.07) is 10.7. The molecular formula is C35H42FN5S. The van der Waals surface area contributed by atoms with E-state index in [4.69, 9.17) is 0 Å². The van der Waals surface area contributed by atoms with Crippen molar-refractivity contribution in [1.82, 2.24) is 15.1 Å². The van der Waals surface area contributed by atoms with E-state index >= 15 is 0 Å². The molecule has 0 aliphatic heterocycles. The summed E-state index contributed by atoms with van der Waals surface area (Å²) < 4.78 is 16.0. The van der Waals surface area contributed by atoms with E-state index < -0.39 is 0 Å². The van der Waals surface area contributed by atoms with Crippen molar-refractivity contribution < 1.29 is 4.39 Å². The number of thiophene rings is 1. The van der Waals surface area contributed by atoms with Gasteiger partial charge in [-0.15, -0.1) is 43.6 Å². The predicted molar refractivity (Wildman–Crippen MR) is 178 cm³/mol. The fourth-order valence-electron chi connectivity index (χ4n) is 4.02. The van der Waals surface area contributed by atoms with Crippen LogP contribution in [0.4, 0.5) is 9.39 Å². The summed E-state index contributed by atoms with van der Waals surface area (Å²) in [5, 5.41) is 21.2. The maximum atomic E-state index is 14.2. The molecule has 1 atom stereocenters. The van der Waals surface area contributed by atoms with Gasteiger partial charge in [-0.25, -0.2) is 4.39 Å². The highest BCUT2D eigenvalue weighted by Crippen LogP contribution is 2.37. The van der Waals surface area contributed by atoms with Gasteiger partial charge in [0.05, 0.1) is 18.7 Å². The second-order valence-electron chi connectivity index (χ2n) is 9.10. The third-order valence-corrected chi connectivity index (χ3v) is 7.34. The van der Waals surface area contributed by atoms with Gasteiger partial charge >= 0.3 is 0 Å². The maximum Gasteiger partial charge on any atom is 0.132 e. The van der Waals surface area contributed by atoms with Crippen LogP contribution in [-0.4, -0.2) is 16.3 Å². The molecule has 2 heterocycles. The van der Waals surface area contributed by atoms with Crippen molar-refractivity contribution in [1.29, 1.82) is 5.26 Å². The smallest absolute Gasteiger partial charge is 0.132 e. The standard InChI is InChI=1S/C31H34FN5S.2C2H4/c1-6-26-28(20-33)31(36-25(5)27-14-9-10-15-29(27)32)38-30(26)19-22(2)13-8-7-11-16-34-24(4)23(3)21-37-18-12-17-35-37;2*1-2/h9-10,12,14-15,17-18,22,34,36H,3-6,8,13,16,19,21H2,1-2H3;2*1-2H2. The van der Waals surface area contributed by atoms with Crippen LogP contribution in [0.15, 0.2) is 100 Å². The van der Waals surface area contributed by atoms with Gasteiger partial charge in [-0.3, -0.25) is 4.68 Å². The molecule has 7 heteroatoms. The number of benzene rings is 1. The van der Waals surface area contributed by atoms with Crippen molar-refractivity contribution in [3.05, 3.63) is 127 Å². The summed E-state index contributed by atoms with van der Waals surface area (Å²) in [5.74, 6) is 6.46. The molecule has 0 amide bonds. The molecule has 0 saturated carbocycles. The number of nitriles is 1. The molecule has 0 aliphatic rings. The van der Waals surface area contributed by atoms with Crippen LogP contribution < -0.4 is 10.6 Å². The molecule has 42 heavy (non-hydrogen) atoms. The minimum atomic E-state index is -0.343. The molecule has 0 saturated heterocycles. The summed E-state index contributed by atoms with van der Waals surface area (Å²) in [7, 11) is 0. The van der Waals surface area contributed by atoms with E-state index in [1.54, 1.807) is 40.4 Å². The average Bonchev–Trinajstić information content (AvgIpc) is 3.63. The second-order valence-corrected chi connectivity index (χ2v) is 10.2. The minimum Gasteiger partial charge on any atom is -0.374 e. The average molecular weight is 584 g/mol. The van der Waals surface area contributed by atoms with Crippen molar-refractivity contribution in [3.8, 4) is 17.9 Å². The first-order valence-corrected chi connectivity index (χ1v) is 14.4. The first-order valence-electron chi connectivity index (χ1n) is 13.6. The van der Waals surface area contributed by atoms with Crippen LogP contribution in [0, 0.1) is 34.9 Å². The molecule has 0 aliphatic carbocycles. The SMILES string of the molecule is C=C.C=C.C=C(Cn1cccn1)C(=C)NCC#CCCC(C)Cc1sc(NC(=C)c2ccccc2F)c(C#N)c1CC. The second kappa shape index (κ2) is 19.5. The first kappa shape index (κ1) is 35.4. The molecule has 0 fully saturated rings. The molecule has 2 N–H and O–H groups in total. The monoisotopic (exact) mass is 583 g/mol. The van der Waals surface area contributed by atoms with E-state index in [2.05, 4.69) is 93.5 Å². The van der Waals surface area contributed by atoms with Crippen LogP contribution in [0.2, 0.25) is 0 Å². The highest BCUT2D eigenvalue weighted by molar-refractivity contribution is 7.16. The number of nitrogens with zero attached hydrogens (tertiary/aromatic N) is 3. The fourth-order valence-corrected chi connectivity index (χ4v) is 5.45. The van der Waals surface area contributed by atoms with Crippen molar-refractivity contribution in [3.63, 3.8) is 0 Å². The Morgan fingerprint density at radius 3 is 2.45 bits per heavy atom. The number of hydrogen-bond acceptors (Lipinski definition) is 5. The van der Waals surface area contributed by atoms with Gasteiger partial charge in [0.15, 0.2) is 0 Å². The van der Waals surface area contributed by atoms with Crippen molar-refractivity contribution >= 4 is 22.0 Å². The third kappa shape index (κ3) is 10.8. The van der Waals surface area contributed by atoms with Crippen molar-refractivity contribution in [2.45, 2.75) is 46.1 Å². The molecular weight excluding hydrogens is 541 g/mol. The van der Waals surface area contributed by atoms with E-state index in [1.165, 1.54) is 10.9 Å². The van der Waals surface area contributed by atoms with Crippen LogP contribution >= 0.6 is 11.3 Å². The Balaban J connectivity index is 0.00000211. The summed E-state index contributed by atoms with van der Waals surface area (Å²) in [4.78, 5) is 1.18. The van der Waals surface area contributed by atoms with Gasteiger partial charge in [0.25, 0.3) is 0 Å². The molecule has 0 radical (unpaired) electrons. The number of allylic oxidation sites excluding steroid dienone is 1. The largest absolute Gasteiger partial charge is 0.374 e. The van der Waals surface area contributed by atoms with Gasteiger partial charge in [0, 0.05) is 40.6 Å². The minimum absolute atomic E-state index is 0.343. The van der Waals surface area contributed by atoms with Gasteiger partial charge in [-0.2, -0.15) is 10.4 Å². The lowest BCUT2D eigenvalue weighted by Crippen LogP contribution is -2.16.